The second-order valence-corrected chi connectivity index (χ2v) is 5.90. The van der Waals surface area contributed by atoms with Crippen molar-refractivity contribution in [3.63, 3.8) is 0 Å². The number of aliphatic hydroxyl groups excluding tert-OH is 1. The van der Waals surface area contributed by atoms with Crippen LogP contribution in [0.15, 0.2) is 0 Å². The highest BCUT2D eigenvalue weighted by Crippen LogP contribution is 2.37. The van der Waals surface area contributed by atoms with Gasteiger partial charge in [-0.25, -0.2) is 0 Å². The molecule has 16 heavy (non-hydrogen) atoms. The fourth-order valence-electron chi connectivity index (χ4n) is 2.09. The fraction of sp³-hybridized carbons (Fsp3) is 1.00. The Morgan fingerprint density at radius 3 is 2.50 bits per heavy atom. The van der Waals surface area contributed by atoms with E-state index in [4.69, 9.17) is 0 Å². The second kappa shape index (κ2) is 6.58. The van der Waals surface area contributed by atoms with Gasteiger partial charge in [-0.2, -0.15) is 0 Å². The van der Waals surface area contributed by atoms with Crippen molar-refractivity contribution in [3.8, 4) is 0 Å². The minimum Gasteiger partial charge on any atom is -0.390 e. The average molecular weight is 228 g/mol. The average Bonchev–Trinajstić information content (AvgIpc) is 2.80. The van der Waals surface area contributed by atoms with E-state index in [1.54, 1.807) is 0 Å². The third-order valence-corrected chi connectivity index (χ3v) is 3.28. The first-order chi connectivity index (χ1) is 7.49. The minimum absolute atomic E-state index is 0.238. The molecule has 0 amide bonds. The van der Waals surface area contributed by atoms with Crippen molar-refractivity contribution in [2.75, 3.05) is 33.2 Å². The normalized spacial score (nSPS) is 26.4. The van der Waals surface area contributed by atoms with Gasteiger partial charge in [0.15, 0.2) is 0 Å². The first kappa shape index (κ1) is 13.9. The quantitative estimate of drug-likeness (QED) is 0.655. The van der Waals surface area contributed by atoms with Gasteiger partial charge in [-0.3, -0.25) is 0 Å². The van der Waals surface area contributed by atoms with Crippen LogP contribution >= 0.6 is 0 Å². The summed E-state index contributed by atoms with van der Waals surface area (Å²) in [5, 5.41) is 13.1. The Kier molecular flexibility index (Phi) is 5.73. The zero-order valence-electron chi connectivity index (χ0n) is 11.2. The SMILES string of the molecule is CC(C)CNCC(O)CN(C)CC1CC1C. The number of nitrogens with zero attached hydrogens (tertiary/aromatic N) is 1. The Balaban J connectivity index is 2.01. The zero-order valence-corrected chi connectivity index (χ0v) is 11.2. The Labute approximate surface area is 100 Å². The molecule has 3 atom stereocenters. The highest BCUT2D eigenvalue weighted by Gasteiger charge is 2.33. The molecule has 1 aliphatic carbocycles. The molecule has 0 aromatic rings. The summed E-state index contributed by atoms with van der Waals surface area (Å²) in [6, 6.07) is 0. The Morgan fingerprint density at radius 1 is 1.38 bits per heavy atom. The summed E-state index contributed by atoms with van der Waals surface area (Å²) in [6.45, 7) is 10.3. The molecular weight excluding hydrogens is 200 g/mol. The zero-order chi connectivity index (χ0) is 12.1. The number of likely N-dealkylation sites (N-methyl/N-ethyl adjacent to an activating group) is 1. The van der Waals surface area contributed by atoms with E-state index in [1.807, 2.05) is 0 Å². The summed E-state index contributed by atoms with van der Waals surface area (Å²) >= 11 is 0. The molecule has 2 N–H and O–H groups in total. The minimum atomic E-state index is -0.238. The molecular formula is C13H28N2O. The van der Waals surface area contributed by atoms with E-state index in [2.05, 4.69) is 38.0 Å². The van der Waals surface area contributed by atoms with Crippen LogP contribution in [0.25, 0.3) is 0 Å². The summed E-state index contributed by atoms with van der Waals surface area (Å²) in [7, 11) is 2.11. The number of hydrogen-bond acceptors (Lipinski definition) is 3. The van der Waals surface area contributed by atoms with Crippen molar-refractivity contribution in [2.45, 2.75) is 33.3 Å². The lowest BCUT2D eigenvalue weighted by atomic mass is 10.2. The topological polar surface area (TPSA) is 35.5 Å². The molecule has 3 unspecified atom stereocenters. The molecule has 0 saturated heterocycles. The van der Waals surface area contributed by atoms with Crippen LogP contribution in [0.5, 0.6) is 0 Å². The number of aliphatic hydroxyl groups is 1. The number of rotatable bonds is 8. The van der Waals surface area contributed by atoms with Gasteiger partial charge in [0.05, 0.1) is 6.10 Å². The van der Waals surface area contributed by atoms with Gasteiger partial charge in [-0.05, 0) is 37.8 Å². The third kappa shape index (κ3) is 5.83. The van der Waals surface area contributed by atoms with Crippen LogP contribution in [0.2, 0.25) is 0 Å². The van der Waals surface area contributed by atoms with Gasteiger partial charge >= 0.3 is 0 Å². The lowest BCUT2D eigenvalue weighted by Gasteiger charge is -2.21. The van der Waals surface area contributed by atoms with E-state index >= 15 is 0 Å². The molecule has 3 nitrogen and oxygen atoms in total. The molecule has 0 aromatic carbocycles. The molecule has 3 heteroatoms. The summed E-state index contributed by atoms with van der Waals surface area (Å²) in [5.41, 5.74) is 0. The Bertz CT molecular complexity index is 196. The van der Waals surface area contributed by atoms with Crippen LogP contribution in [-0.2, 0) is 0 Å². The molecule has 1 rings (SSSR count). The van der Waals surface area contributed by atoms with Gasteiger partial charge in [-0.15, -0.1) is 0 Å². The monoisotopic (exact) mass is 228 g/mol. The molecule has 1 fully saturated rings. The first-order valence-corrected chi connectivity index (χ1v) is 6.56. The van der Waals surface area contributed by atoms with Gasteiger partial charge in [0.25, 0.3) is 0 Å². The Hall–Kier alpha value is -0.120. The third-order valence-electron chi connectivity index (χ3n) is 3.28. The van der Waals surface area contributed by atoms with Gasteiger partial charge in [0.2, 0.25) is 0 Å². The molecule has 0 aliphatic heterocycles. The van der Waals surface area contributed by atoms with Gasteiger partial charge in [-0.1, -0.05) is 20.8 Å². The highest BCUT2D eigenvalue weighted by atomic mass is 16.3. The van der Waals surface area contributed by atoms with Crippen LogP contribution < -0.4 is 5.32 Å². The maximum absolute atomic E-state index is 9.83. The number of nitrogens with one attached hydrogen (secondary N) is 1. The van der Waals surface area contributed by atoms with Crippen molar-refractivity contribution in [1.82, 2.24) is 10.2 Å². The van der Waals surface area contributed by atoms with Crippen molar-refractivity contribution >= 4 is 0 Å². The van der Waals surface area contributed by atoms with Crippen LogP contribution in [0.3, 0.4) is 0 Å². The summed E-state index contributed by atoms with van der Waals surface area (Å²) in [6.07, 6.45) is 1.13. The van der Waals surface area contributed by atoms with Gasteiger partial charge < -0.3 is 15.3 Å². The molecule has 0 bridgehead atoms. The lowest BCUT2D eigenvalue weighted by molar-refractivity contribution is 0.121. The molecule has 0 spiro atoms. The van der Waals surface area contributed by atoms with Crippen LogP contribution in [0.4, 0.5) is 0 Å². The van der Waals surface area contributed by atoms with Crippen LogP contribution in [0, 0.1) is 17.8 Å². The predicted octanol–water partition coefficient (Wildman–Crippen LogP) is 1.18. The van der Waals surface area contributed by atoms with Crippen molar-refractivity contribution < 1.29 is 5.11 Å². The highest BCUT2D eigenvalue weighted by molar-refractivity contribution is 4.84. The molecule has 0 radical (unpaired) electrons. The maximum Gasteiger partial charge on any atom is 0.0791 e. The maximum atomic E-state index is 9.83. The van der Waals surface area contributed by atoms with Crippen molar-refractivity contribution in [2.24, 2.45) is 17.8 Å². The predicted molar refractivity (Wildman–Crippen MR) is 68.5 cm³/mol. The molecule has 1 saturated carbocycles. The van der Waals surface area contributed by atoms with E-state index in [0.717, 1.165) is 31.5 Å². The largest absolute Gasteiger partial charge is 0.390 e. The van der Waals surface area contributed by atoms with Gasteiger partial charge in [0.1, 0.15) is 0 Å². The number of hydrogen-bond donors (Lipinski definition) is 2. The molecule has 96 valence electrons. The lowest BCUT2D eigenvalue weighted by Crippen LogP contribution is -2.38. The van der Waals surface area contributed by atoms with E-state index in [1.165, 1.54) is 6.42 Å². The van der Waals surface area contributed by atoms with Gasteiger partial charge in [0, 0.05) is 19.6 Å². The van der Waals surface area contributed by atoms with E-state index in [-0.39, 0.29) is 6.10 Å². The van der Waals surface area contributed by atoms with Crippen molar-refractivity contribution in [1.29, 1.82) is 0 Å². The first-order valence-electron chi connectivity index (χ1n) is 6.56. The Morgan fingerprint density at radius 2 is 2.00 bits per heavy atom. The smallest absolute Gasteiger partial charge is 0.0791 e. The van der Waals surface area contributed by atoms with Crippen LogP contribution in [-0.4, -0.2) is 49.3 Å². The van der Waals surface area contributed by atoms with E-state index in [9.17, 15) is 5.11 Å². The van der Waals surface area contributed by atoms with E-state index < -0.39 is 0 Å². The summed E-state index contributed by atoms with van der Waals surface area (Å²) in [4.78, 5) is 2.26. The van der Waals surface area contributed by atoms with E-state index in [0.29, 0.717) is 12.5 Å². The molecule has 0 aromatic heterocycles. The molecule has 0 heterocycles. The van der Waals surface area contributed by atoms with Crippen molar-refractivity contribution in [3.05, 3.63) is 0 Å². The summed E-state index contributed by atoms with van der Waals surface area (Å²) in [5.74, 6) is 2.43. The standard InChI is InChI=1S/C13H28N2O/c1-10(2)6-14-7-13(16)9-15(4)8-12-5-11(12)3/h10-14,16H,5-9H2,1-4H3. The second-order valence-electron chi connectivity index (χ2n) is 5.90. The summed E-state index contributed by atoms with van der Waals surface area (Å²) < 4.78 is 0. The molecule has 1 aliphatic rings. The fourth-order valence-corrected chi connectivity index (χ4v) is 2.09. The van der Waals surface area contributed by atoms with Crippen LogP contribution in [0.1, 0.15) is 27.2 Å².